The van der Waals surface area contributed by atoms with Gasteiger partial charge in [0.1, 0.15) is 5.75 Å². The number of nitrogens with zero attached hydrogens (tertiary/aromatic N) is 1. The van der Waals surface area contributed by atoms with Gasteiger partial charge in [0.05, 0.1) is 6.21 Å². The molecule has 0 aliphatic carbocycles. The fourth-order valence-electron chi connectivity index (χ4n) is 1.78. The van der Waals surface area contributed by atoms with Crippen LogP contribution in [0.3, 0.4) is 0 Å². The highest BCUT2D eigenvalue weighted by Crippen LogP contribution is 2.21. The molecular formula is C17H17BrN2O2. The first-order valence-corrected chi connectivity index (χ1v) is 7.61. The Hall–Kier alpha value is -2.14. The first kappa shape index (κ1) is 16.2. The standard InChI is InChI=1S/C17H17BrN2O2/c1-12-3-5-14(6-4-12)10-19-20-17(21)11-22-16-8-7-15(18)9-13(16)2/h3-10H,11H2,1-2H3,(H,20,21)/b19-10+. The Morgan fingerprint density at radius 3 is 2.64 bits per heavy atom. The molecule has 22 heavy (non-hydrogen) atoms. The average Bonchev–Trinajstić information content (AvgIpc) is 2.48. The molecule has 2 aromatic carbocycles. The summed E-state index contributed by atoms with van der Waals surface area (Å²) in [6.07, 6.45) is 1.60. The second kappa shape index (κ2) is 7.75. The van der Waals surface area contributed by atoms with Crippen LogP contribution < -0.4 is 10.2 Å². The number of aryl methyl sites for hydroxylation is 2. The van der Waals surface area contributed by atoms with E-state index in [0.29, 0.717) is 5.75 Å². The topological polar surface area (TPSA) is 50.7 Å². The molecule has 1 amide bonds. The van der Waals surface area contributed by atoms with Crippen LogP contribution in [0.25, 0.3) is 0 Å². The highest BCUT2D eigenvalue weighted by molar-refractivity contribution is 9.10. The molecule has 1 N–H and O–H groups in total. The zero-order valence-corrected chi connectivity index (χ0v) is 14.1. The minimum Gasteiger partial charge on any atom is -0.483 e. The van der Waals surface area contributed by atoms with Crippen molar-refractivity contribution in [2.45, 2.75) is 13.8 Å². The Kier molecular flexibility index (Phi) is 5.72. The maximum Gasteiger partial charge on any atom is 0.277 e. The molecule has 0 heterocycles. The van der Waals surface area contributed by atoms with Gasteiger partial charge in [-0.25, -0.2) is 5.43 Å². The summed E-state index contributed by atoms with van der Waals surface area (Å²) in [7, 11) is 0. The van der Waals surface area contributed by atoms with Crippen LogP contribution in [0.5, 0.6) is 5.75 Å². The predicted molar refractivity (Wildman–Crippen MR) is 91.3 cm³/mol. The minimum atomic E-state index is -0.300. The van der Waals surface area contributed by atoms with Gasteiger partial charge in [0.2, 0.25) is 0 Å². The molecule has 5 heteroatoms. The lowest BCUT2D eigenvalue weighted by atomic mass is 10.2. The third-order valence-electron chi connectivity index (χ3n) is 2.98. The summed E-state index contributed by atoms with van der Waals surface area (Å²) in [4.78, 5) is 11.7. The lowest BCUT2D eigenvalue weighted by Crippen LogP contribution is -2.24. The molecule has 114 valence electrons. The van der Waals surface area contributed by atoms with Crippen LogP contribution in [0.1, 0.15) is 16.7 Å². The van der Waals surface area contributed by atoms with Crippen molar-refractivity contribution in [1.29, 1.82) is 0 Å². The summed E-state index contributed by atoms with van der Waals surface area (Å²) in [5, 5.41) is 3.91. The number of carbonyl (C=O) groups is 1. The molecule has 0 aliphatic rings. The lowest BCUT2D eigenvalue weighted by molar-refractivity contribution is -0.123. The Morgan fingerprint density at radius 1 is 1.23 bits per heavy atom. The van der Waals surface area contributed by atoms with E-state index in [1.54, 1.807) is 6.21 Å². The van der Waals surface area contributed by atoms with Crippen LogP contribution in [-0.4, -0.2) is 18.7 Å². The van der Waals surface area contributed by atoms with E-state index in [1.807, 2.05) is 56.3 Å². The largest absolute Gasteiger partial charge is 0.483 e. The molecule has 0 aliphatic heterocycles. The first-order chi connectivity index (χ1) is 10.5. The van der Waals surface area contributed by atoms with Gasteiger partial charge in [0.15, 0.2) is 6.61 Å². The monoisotopic (exact) mass is 360 g/mol. The maximum atomic E-state index is 11.7. The summed E-state index contributed by atoms with van der Waals surface area (Å²) in [5.74, 6) is 0.381. The normalized spacial score (nSPS) is 10.7. The van der Waals surface area contributed by atoms with Gasteiger partial charge in [0, 0.05) is 4.47 Å². The van der Waals surface area contributed by atoms with Crippen LogP contribution in [0.2, 0.25) is 0 Å². The fraction of sp³-hybridized carbons (Fsp3) is 0.176. The molecule has 0 radical (unpaired) electrons. The predicted octanol–water partition coefficient (Wildman–Crippen LogP) is 3.60. The van der Waals surface area contributed by atoms with Gasteiger partial charge < -0.3 is 4.74 Å². The van der Waals surface area contributed by atoms with Crippen molar-refractivity contribution < 1.29 is 9.53 Å². The van der Waals surface area contributed by atoms with E-state index in [1.165, 1.54) is 5.56 Å². The van der Waals surface area contributed by atoms with E-state index in [2.05, 4.69) is 26.5 Å². The second-order valence-electron chi connectivity index (χ2n) is 4.90. The Bertz CT molecular complexity index is 682. The molecule has 0 unspecified atom stereocenters. The van der Waals surface area contributed by atoms with Gasteiger partial charge in [-0.1, -0.05) is 45.8 Å². The SMILES string of the molecule is Cc1ccc(/C=N/NC(=O)COc2ccc(Br)cc2C)cc1. The number of nitrogens with one attached hydrogen (secondary N) is 1. The minimum absolute atomic E-state index is 0.0757. The van der Waals surface area contributed by atoms with Gasteiger partial charge in [-0.05, 0) is 43.2 Å². The number of halogens is 1. The summed E-state index contributed by atoms with van der Waals surface area (Å²) in [5.41, 5.74) is 5.51. The second-order valence-corrected chi connectivity index (χ2v) is 5.82. The highest BCUT2D eigenvalue weighted by atomic mass is 79.9. The van der Waals surface area contributed by atoms with E-state index in [-0.39, 0.29) is 12.5 Å². The molecule has 0 saturated heterocycles. The van der Waals surface area contributed by atoms with E-state index in [4.69, 9.17) is 4.74 Å². The van der Waals surface area contributed by atoms with Crippen molar-refractivity contribution >= 4 is 28.1 Å². The molecule has 2 rings (SSSR count). The third kappa shape index (κ3) is 5.00. The maximum absolute atomic E-state index is 11.7. The number of rotatable bonds is 5. The fourth-order valence-corrected chi connectivity index (χ4v) is 2.26. The molecule has 0 aromatic heterocycles. The lowest BCUT2D eigenvalue weighted by Gasteiger charge is -2.08. The molecule has 0 fully saturated rings. The summed E-state index contributed by atoms with van der Waals surface area (Å²) in [6, 6.07) is 13.5. The number of hydrazone groups is 1. The quantitative estimate of drug-likeness (QED) is 0.654. The van der Waals surface area contributed by atoms with Gasteiger partial charge in [0.25, 0.3) is 5.91 Å². The summed E-state index contributed by atoms with van der Waals surface area (Å²) < 4.78 is 6.44. The number of ether oxygens (including phenoxy) is 1. The van der Waals surface area contributed by atoms with Crippen molar-refractivity contribution in [3.63, 3.8) is 0 Å². The first-order valence-electron chi connectivity index (χ1n) is 6.82. The Morgan fingerprint density at radius 2 is 1.95 bits per heavy atom. The van der Waals surface area contributed by atoms with Gasteiger partial charge in [-0.2, -0.15) is 5.10 Å². The van der Waals surface area contributed by atoms with E-state index >= 15 is 0 Å². The summed E-state index contributed by atoms with van der Waals surface area (Å²) in [6.45, 7) is 3.87. The molecular weight excluding hydrogens is 344 g/mol. The van der Waals surface area contributed by atoms with E-state index < -0.39 is 0 Å². The van der Waals surface area contributed by atoms with Crippen molar-refractivity contribution in [3.8, 4) is 5.75 Å². The number of benzene rings is 2. The third-order valence-corrected chi connectivity index (χ3v) is 3.47. The zero-order valence-electron chi connectivity index (χ0n) is 12.5. The Balaban J connectivity index is 1.81. The van der Waals surface area contributed by atoms with Gasteiger partial charge >= 0.3 is 0 Å². The van der Waals surface area contributed by atoms with Gasteiger partial charge in [-0.3, -0.25) is 4.79 Å². The number of carbonyl (C=O) groups excluding carboxylic acids is 1. The van der Waals surface area contributed by atoms with Gasteiger partial charge in [-0.15, -0.1) is 0 Å². The van der Waals surface area contributed by atoms with E-state index in [9.17, 15) is 4.79 Å². The highest BCUT2D eigenvalue weighted by Gasteiger charge is 2.04. The van der Waals surface area contributed by atoms with Crippen LogP contribution in [0, 0.1) is 13.8 Å². The smallest absolute Gasteiger partial charge is 0.277 e. The van der Waals surface area contributed by atoms with E-state index in [0.717, 1.165) is 15.6 Å². The van der Waals surface area contributed by atoms with Crippen molar-refractivity contribution in [1.82, 2.24) is 5.43 Å². The van der Waals surface area contributed by atoms with Crippen LogP contribution in [0.4, 0.5) is 0 Å². The van der Waals surface area contributed by atoms with Crippen LogP contribution in [0.15, 0.2) is 52.0 Å². The molecule has 0 bridgehead atoms. The molecule has 4 nitrogen and oxygen atoms in total. The molecule has 0 spiro atoms. The summed E-state index contributed by atoms with van der Waals surface area (Å²) >= 11 is 3.38. The van der Waals surface area contributed by atoms with Crippen molar-refractivity contribution in [3.05, 3.63) is 63.6 Å². The van der Waals surface area contributed by atoms with Crippen LogP contribution in [-0.2, 0) is 4.79 Å². The van der Waals surface area contributed by atoms with Crippen LogP contribution >= 0.6 is 15.9 Å². The zero-order chi connectivity index (χ0) is 15.9. The number of amides is 1. The van der Waals surface area contributed by atoms with Crippen molar-refractivity contribution in [2.75, 3.05) is 6.61 Å². The number of hydrogen-bond donors (Lipinski definition) is 1. The molecule has 0 saturated carbocycles. The molecule has 0 atom stereocenters. The Labute approximate surface area is 138 Å². The number of hydrogen-bond acceptors (Lipinski definition) is 3. The van der Waals surface area contributed by atoms with Crippen molar-refractivity contribution in [2.24, 2.45) is 5.10 Å². The molecule has 2 aromatic rings. The average molecular weight is 361 g/mol.